The van der Waals surface area contributed by atoms with Gasteiger partial charge in [0.15, 0.2) is 17.5 Å². The van der Waals surface area contributed by atoms with Gasteiger partial charge in [0, 0.05) is 16.7 Å². The van der Waals surface area contributed by atoms with E-state index in [1.807, 2.05) is 0 Å². The third-order valence-electron chi connectivity index (χ3n) is 2.89. The van der Waals surface area contributed by atoms with Crippen molar-refractivity contribution >= 4 is 11.8 Å². The number of primary amides is 2. The van der Waals surface area contributed by atoms with E-state index < -0.39 is 29.3 Å². The standard InChI is InChI=1S/C14H9F3N2O2/c15-10-4-3-8(11(16)12(10)17)7-2-1-6(13(18)20)5-9(7)14(19)21/h1-5H,(H2,18,20)(H2,19,21). The number of benzene rings is 2. The predicted octanol–water partition coefficient (Wildman–Crippen LogP) is 1.97. The first kappa shape index (κ1) is 14.6. The van der Waals surface area contributed by atoms with Gasteiger partial charge in [0.05, 0.1) is 0 Å². The summed E-state index contributed by atoms with van der Waals surface area (Å²) in [7, 11) is 0. The summed E-state index contributed by atoms with van der Waals surface area (Å²) < 4.78 is 40.0. The molecule has 0 aliphatic heterocycles. The molecule has 7 heteroatoms. The average Bonchev–Trinajstić information content (AvgIpc) is 2.44. The Balaban J connectivity index is 2.72. The second-order valence-corrected chi connectivity index (χ2v) is 4.21. The van der Waals surface area contributed by atoms with Gasteiger partial charge in [0.2, 0.25) is 11.8 Å². The highest BCUT2D eigenvalue weighted by atomic mass is 19.2. The molecule has 0 aliphatic carbocycles. The highest BCUT2D eigenvalue weighted by Gasteiger charge is 2.19. The molecule has 108 valence electrons. The van der Waals surface area contributed by atoms with Crippen molar-refractivity contribution in [3.05, 3.63) is 58.9 Å². The fourth-order valence-corrected chi connectivity index (χ4v) is 1.87. The van der Waals surface area contributed by atoms with E-state index in [2.05, 4.69) is 0 Å². The van der Waals surface area contributed by atoms with Crippen LogP contribution in [-0.4, -0.2) is 11.8 Å². The molecule has 0 saturated carbocycles. The monoisotopic (exact) mass is 294 g/mol. The quantitative estimate of drug-likeness (QED) is 0.848. The van der Waals surface area contributed by atoms with Crippen LogP contribution in [0.5, 0.6) is 0 Å². The molecular formula is C14H9F3N2O2. The molecule has 0 aromatic heterocycles. The molecule has 0 unspecified atom stereocenters. The molecule has 2 aromatic carbocycles. The fourth-order valence-electron chi connectivity index (χ4n) is 1.87. The number of hydrogen-bond acceptors (Lipinski definition) is 2. The lowest BCUT2D eigenvalue weighted by atomic mass is 9.96. The average molecular weight is 294 g/mol. The van der Waals surface area contributed by atoms with Gasteiger partial charge in [-0.1, -0.05) is 6.07 Å². The first-order valence-corrected chi connectivity index (χ1v) is 5.70. The molecule has 0 saturated heterocycles. The minimum atomic E-state index is -1.66. The Morgan fingerprint density at radius 3 is 2.00 bits per heavy atom. The first-order valence-electron chi connectivity index (χ1n) is 5.70. The number of nitrogens with two attached hydrogens (primary N) is 2. The molecule has 0 fully saturated rings. The van der Waals surface area contributed by atoms with E-state index in [9.17, 15) is 22.8 Å². The molecular weight excluding hydrogens is 285 g/mol. The van der Waals surface area contributed by atoms with E-state index in [0.29, 0.717) is 0 Å². The number of halogens is 3. The number of amides is 2. The maximum Gasteiger partial charge on any atom is 0.249 e. The van der Waals surface area contributed by atoms with Crippen molar-refractivity contribution in [1.29, 1.82) is 0 Å². The summed E-state index contributed by atoms with van der Waals surface area (Å²) in [5.41, 5.74) is 9.57. The third kappa shape index (κ3) is 2.58. The SMILES string of the molecule is NC(=O)c1ccc(-c2ccc(F)c(F)c2F)c(C(N)=O)c1. The summed E-state index contributed by atoms with van der Waals surface area (Å²) in [4.78, 5) is 22.5. The van der Waals surface area contributed by atoms with Gasteiger partial charge >= 0.3 is 0 Å². The van der Waals surface area contributed by atoms with E-state index in [1.54, 1.807) is 0 Å². The van der Waals surface area contributed by atoms with Crippen LogP contribution in [0.1, 0.15) is 20.7 Å². The van der Waals surface area contributed by atoms with Crippen LogP contribution in [0, 0.1) is 17.5 Å². The molecule has 2 rings (SSSR count). The minimum absolute atomic E-state index is 0.0180. The highest BCUT2D eigenvalue weighted by Crippen LogP contribution is 2.29. The molecule has 21 heavy (non-hydrogen) atoms. The van der Waals surface area contributed by atoms with E-state index in [0.717, 1.165) is 18.2 Å². The molecule has 0 radical (unpaired) electrons. The second-order valence-electron chi connectivity index (χ2n) is 4.21. The molecule has 0 heterocycles. The first-order chi connectivity index (χ1) is 9.82. The van der Waals surface area contributed by atoms with Crippen molar-refractivity contribution in [2.24, 2.45) is 11.5 Å². The largest absolute Gasteiger partial charge is 0.366 e. The molecule has 2 aromatic rings. The maximum absolute atomic E-state index is 13.8. The molecule has 4 N–H and O–H groups in total. The summed E-state index contributed by atoms with van der Waals surface area (Å²) in [5.74, 6) is -6.25. The van der Waals surface area contributed by atoms with Gasteiger partial charge < -0.3 is 11.5 Å². The third-order valence-corrected chi connectivity index (χ3v) is 2.89. The Hall–Kier alpha value is -2.83. The van der Waals surface area contributed by atoms with Gasteiger partial charge in [0.25, 0.3) is 0 Å². The molecule has 0 spiro atoms. The molecule has 2 amide bonds. The van der Waals surface area contributed by atoms with E-state index >= 15 is 0 Å². The van der Waals surface area contributed by atoms with E-state index in [1.165, 1.54) is 12.1 Å². The minimum Gasteiger partial charge on any atom is -0.366 e. The Morgan fingerprint density at radius 2 is 1.43 bits per heavy atom. The molecule has 4 nitrogen and oxygen atoms in total. The zero-order valence-corrected chi connectivity index (χ0v) is 10.5. The van der Waals surface area contributed by atoms with Gasteiger partial charge in [-0.2, -0.15) is 0 Å². The summed E-state index contributed by atoms with van der Waals surface area (Å²) in [6.45, 7) is 0. The van der Waals surface area contributed by atoms with Crippen LogP contribution in [0.3, 0.4) is 0 Å². The Morgan fingerprint density at radius 1 is 0.810 bits per heavy atom. The topological polar surface area (TPSA) is 86.2 Å². The molecule has 0 bridgehead atoms. The van der Waals surface area contributed by atoms with Crippen LogP contribution in [0.2, 0.25) is 0 Å². The normalized spacial score (nSPS) is 10.4. The summed E-state index contributed by atoms with van der Waals surface area (Å²) in [6, 6.07) is 5.18. The van der Waals surface area contributed by atoms with Crippen molar-refractivity contribution in [3.8, 4) is 11.1 Å². The summed E-state index contributed by atoms with van der Waals surface area (Å²) >= 11 is 0. The van der Waals surface area contributed by atoms with Crippen LogP contribution >= 0.6 is 0 Å². The van der Waals surface area contributed by atoms with Crippen LogP contribution < -0.4 is 11.5 Å². The van der Waals surface area contributed by atoms with Gasteiger partial charge in [-0.25, -0.2) is 13.2 Å². The van der Waals surface area contributed by atoms with Crippen LogP contribution in [-0.2, 0) is 0 Å². The Bertz CT molecular complexity index is 760. The van der Waals surface area contributed by atoms with Crippen LogP contribution in [0.25, 0.3) is 11.1 Å². The number of rotatable bonds is 3. The number of hydrogen-bond donors (Lipinski definition) is 2. The lowest BCUT2D eigenvalue weighted by molar-refractivity contribution is 0.0999. The smallest absolute Gasteiger partial charge is 0.249 e. The van der Waals surface area contributed by atoms with Crippen LogP contribution in [0.15, 0.2) is 30.3 Å². The predicted molar refractivity (Wildman–Crippen MR) is 68.8 cm³/mol. The second kappa shape index (κ2) is 5.28. The van der Waals surface area contributed by atoms with E-state index in [4.69, 9.17) is 11.5 Å². The highest BCUT2D eigenvalue weighted by molar-refractivity contribution is 6.03. The van der Waals surface area contributed by atoms with Crippen molar-refractivity contribution < 1.29 is 22.8 Å². The van der Waals surface area contributed by atoms with Gasteiger partial charge in [0.1, 0.15) is 0 Å². The van der Waals surface area contributed by atoms with Crippen molar-refractivity contribution in [2.45, 2.75) is 0 Å². The molecule has 0 aliphatic rings. The zero-order valence-electron chi connectivity index (χ0n) is 10.5. The van der Waals surface area contributed by atoms with Gasteiger partial charge in [-0.15, -0.1) is 0 Å². The number of carbonyl (C=O) groups is 2. The van der Waals surface area contributed by atoms with Crippen molar-refractivity contribution in [1.82, 2.24) is 0 Å². The number of carbonyl (C=O) groups excluding carboxylic acids is 2. The van der Waals surface area contributed by atoms with Gasteiger partial charge in [-0.05, 0) is 29.8 Å². The van der Waals surface area contributed by atoms with Gasteiger partial charge in [-0.3, -0.25) is 9.59 Å². The zero-order chi connectivity index (χ0) is 15.7. The Labute approximate surface area is 117 Å². The molecule has 0 atom stereocenters. The Kier molecular flexibility index (Phi) is 3.66. The van der Waals surface area contributed by atoms with Crippen molar-refractivity contribution in [2.75, 3.05) is 0 Å². The summed E-state index contributed by atoms with van der Waals surface area (Å²) in [6.07, 6.45) is 0. The van der Waals surface area contributed by atoms with Crippen LogP contribution in [0.4, 0.5) is 13.2 Å². The lowest BCUT2D eigenvalue weighted by Crippen LogP contribution is -2.16. The lowest BCUT2D eigenvalue weighted by Gasteiger charge is -2.10. The maximum atomic E-state index is 13.8. The fraction of sp³-hybridized carbons (Fsp3) is 0. The summed E-state index contributed by atoms with van der Waals surface area (Å²) in [5, 5.41) is 0. The van der Waals surface area contributed by atoms with E-state index in [-0.39, 0.29) is 22.3 Å². The van der Waals surface area contributed by atoms with Crippen molar-refractivity contribution in [3.63, 3.8) is 0 Å².